The zero-order valence-corrected chi connectivity index (χ0v) is 12.5. The van der Waals surface area contributed by atoms with Crippen LogP contribution in [0.25, 0.3) is 0 Å². The van der Waals surface area contributed by atoms with Gasteiger partial charge in [-0.3, -0.25) is 10.2 Å². The third kappa shape index (κ3) is 3.47. The fourth-order valence-corrected chi connectivity index (χ4v) is 2.93. The average molecular weight is 265 g/mol. The van der Waals surface area contributed by atoms with Crippen LogP contribution in [0.15, 0.2) is 0 Å². The van der Waals surface area contributed by atoms with Crippen LogP contribution >= 0.6 is 0 Å². The number of nitrogens with one attached hydrogen (secondary N) is 1. The summed E-state index contributed by atoms with van der Waals surface area (Å²) in [6, 6.07) is 3.01. The molecular weight excluding hydrogens is 238 g/mol. The first-order valence-corrected chi connectivity index (χ1v) is 7.63. The Morgan fingerprint density at radius 2 is 2.16 bits per heavy atom. The SMILES string of the molecule is CCCNC(C#N)(CN1CC(C)OCC1C)C1CC1. The van der Waals surface area contributed by atoms with E-state index >= 15 is 0 Å². The lowest BCUT2D eigenvalue weighted by atomic mass is 9.92. The van der Waals surface area contributed by atoms with E-state index in [-0.39, 0.29) is 11.6 Å². The van der Waals surface area contributed by atoms with Gasteiger partial charge < -0.3 is 4.74 Å². The molecule has 4 nitrogen and oxygen atoms in total. The summed E-state index contributed by atoms with van der Waals surface area (Å²) in [5, 5.41) is 13.3. The molecule has 3 atom stereocenters. The van der Waals surface area contributed by atoms with Gasteiger partial charge in [0, 0.05) is 19.1 Å². The average Bonchev–Trinajstić information content (AvgIpc) is 3.23. The molecule has 2 aliphatic rings. The molecule has 2 fully saturated rings. The topological polar surface area (TPSA) is 48.3 Å². The maximum Gasteiger partial charge on any atom is 0.122 e. The quantitative estimate of drug-likeness (QED) is 0.795. The number of ether oxygens (including phenoxy) is 1. The lowest BCUT2D eigenvalue weighted by Crippen LogP contribution is -2.59. The molecular formula is C15H27N3O. The van der Waals surface area contributed by atoms with E-state index in [1.807, 2.05) is 0 Å². The maximum atomic E-state index is 9.73. The van der Waals surface area contributed by atoms with Crippen molar-refractivity contribution in [2.24, 2.45) is 5.92 Å². The second-order valence-electron chi connectivity index (χ2n) is 6.21. The molecule has 1 aliphatic carbocycles. The van der Waals surface area contributed by atoms with Gasteiger partial charge in [0.25, 0.3) is 0 Å². The molecule has 0 aromatic rings. The molecule has 0 radical (unpaired) electrons. The molecule has 1 aliphatic heterocycles. The van der Waals surface area contributed by atoms with Crippen molar-refractivity contribution in [3.63, 3.8) is 0 Å². The number of rotatable bonds is 6. The van der Waals surface area contributed by atoms with Crippen LogP contribution in [0.4, 0.5) is 0 Å². The Morgan fingerprint density at radius 1 is 1.42 bits per heavy atom. The van der Waals surface area contributed by atoms with Gasteiger partial charge in [-0.1, -0.05) is 6.92 Å². The molecule has 1 heterocycles. The molecule has 4 heteroatoms. The molecule has 1 saturated heterocycles. The van der Waals surface area contributed by atoms with E-state index < -0.39 is 0 Å². The summed E-state index contributed by atoms with van der Waals surface area (Å²) in [7, 11) is 0. The van der Waals surface area contributed by atoms with Crippen LogP contribution in [0, 0.1) is 17.2 Å². The molecule has 0 aromatic heterocycles. The van der Waals surface area contributed by atoms with Crippen molar-refractivity contribution in [1.29, 1.82) is 5.26 Å². The van der Waals surface area contributed by atoms with Crippen molar-refractivity contribution >= 4 is 0 Å². The van der Waals surface area contributed by atoms with Crippen molar-refractivity contribution in [1.82, 2.24) is 10.2 Å². The minimum atomic E-state index is -0.346. The number of nitrogens with zero attached hydrogens (tertiary/aromatic N) is 2. The van der Waals surface area contributed by atoms with Crippen LogP contribution in [0.1, 0.15) is 40.0 Å². The summed E-state index contributed by atoms with van der Waals surface area (Å²) < 4.78 is 5.68. The van der Waals surface area contributed by atoms with E-state index in [9.17, 15) is 5.26 Å². The fourth-order valence-electron chi connectivity index (χ4n) is 2.93. The van der Waals surface area contributed by atoms with Crippen LogP contribution in [0.3, 0.4) is 0 Å². The number of hydrogen-bond donors (Lipinski definition) is 1. The summed E-state index contributed by atoms with van der Waals surface area (Å²) in [5.41, 5.74) is -0.346. The molecule has 0 amide bonds. The molecule has 0 bridgehead atoms. The van der Waals surface area contributed by atoms with Gasteiger partial charge in [-0.25, -0.2) is 0 Å². The van der Waals surface area contributed by atoms with Crippen LogP contribution in [0.5, 0.6) is 0 Å². The Bertz CT molecular complexity index is 337. The monoisotopic (exact) mass is 265 g/mol. The van der Waals surface area contributed by atoms with Gasteiger partial charge in [0.05, 0.1) is 18.8 Å². The largest absolute Gasteiger partial charge is 0.376 e. The summed E-state index contributed by atoms with van der Waals surface area (Å²) in [5.74, 6) is 0.536. The summed E-state index contributed by atoms with van der Waals surface area (Å²) in [6.07, 6.45) is 3.74. The van der Waals surface area contributed by atoms with Gasteiger partial charge in [-0.05, 0) is 45.6 Å². The predicted molar refractivity (Wildman–Crippen MR) is 75.8 cm³/mol. The highest BCUT2D eigenvalue weighted by molar-refractivity contribution is 5.17. The Morgan fingerprint density at radius 3 is 2.74 bits per heavy atom. The van der Waals surface area contributed by atoms with Gasteiger partial charge in [0.2, 0.25) is 0 Å². The standard InChI is InChI=1S/C15H27N3O/c1-4-7-17-15(10-16,14-5-6-14)11-18-8-13(3)19-9-12(18)2/h12-14,17H,4-9,11H2,1-3H3. The summed E-state index contributed by atoms with van der Waals surface area (Å²) >= 11 is 0. The third-order valence-electron chi connectivity index (χ3n) is 4.35. The first-order chi connectivity index (χ1) is 9.11. The highest BCUT2D eigenvalue weighted by Gasteiger charge is 2.47. The molecule has 1 saturated carbocycles. The van der Waals surface area contributed by atoms with E-state index in [1.165, 1.54) is 12.8 Å². The number of morpholine rings is 1. The minimum Gasteiger partial charge on any atom is -0.376 e. The second kappa shape index (κ2) is 6.21. The number of hydrogen-bond acceptors (Lipinski definition) is 4. The summed E-state index contributed by atoms with van der Waals surface area (Å²) in [4.78, 5) is 2.43. The van der Waals surface area contributed by atoms with Crippen molar-refractivity contribution in [2.75, 3.05) is 26.2 Å². The smallest absolute Gasteiger partial charge is 0.122 e. The van der Waals surface area contributed by atoms with Gasteiger partial charge in [0.15, 0.2) is 0 Å². The normalized spacial score (nSPS) is 31.7. The highest BCUT2D eigenvalue weighted by Crippen LogP contribution is 2.40. The molecule has 3 unspecified atom stereocenters. The van der Waals surface area contributed by atoms with Gasteiger partial charge >= 0.3 is 0 Å². The Balaban J connectivity index is 2.04. The van der Waals surface area contributed by atoms with E-state index in [4.69, 9.17) is 4.74 Å². The fraction of sp³-hybridized carbons (Fsp3) is 0.933. The molecule has 1 N–H and O–H groups in total. The van der Waals surface area contributed by atoms with E-state index in [1.54, 1.807) is 0 Å². The van der Waals surface area contributed by atoms with Gasteiger partial charge in [-0.2, -0.15) is 5.26 Å². The zero-order chi connectivity index (χ0) is 13.9. The maximum absolute atomic E-state index is 9.73. The first-order valence-electron chi connectivity index (χ1n) is 7.63. The second-order valence-corrected chi connectivity index (χ2v) is 6.21. The van der Waals surface area contributed by atoms with Crippen molar-refractivity contribution in [2.45, 2.75) is 57.7 Å². The van der Waals surface area contributed by atoms with Crippen LogP contribution in [-0.2, 0) is 4.74 Å². The molecule has 19 heavy (non-hydrogen) atoms. The van der Waals surface area contributed by atoms with Crippen molar-refractivity contribution in [3.8, 4) is 6.07 Å². The lowest BCUT2D eigenvalue weighted by Gasteiger charge is -2.41. The Hall–Kier alpha value is -0.630. The van der Waals surface area contributed by atoms with Crippen molar-refractivity contribution < 1.29 is 4.74 Å². The van der Waals surface area contributed by atoms with Gasteiger partial charge in [0.1, 0.15) is 5.54 Å². The van der Waals surface area contributed by atoms with E-state index in [0.717, 1.165) is 32.7 Å². The molecule has 0 aromatic carbocycles. The lowest BCUT2D eigenvalue weighted by molar-refractivity contribution is -0.0562. The van der Waals surface area contributed by atoms with E-state index in [2.05, 4.69) is 37.1 Å². The Kier molecular flexibility index (Phi) is 4.83. The van der Waals surface area contributed by atoms with Crippen LogP contribution in [0.2, 0.25) is 0 Å². The summed E-state index contributed by atoms with van der Waals surface area (Å²) in [6.45, 7) is 9.94. The first kappa shape index (κ1) is 14.8. The predicted octanol–water partition coefficient (Wildman–Crippen LogP) is 1.77. The highest BCUT2D eigenvalue weighted by atomic mass is 16.5. The molecule has 108 valence electrons. The molecule has 0 spiro atoms. The Labute approximate surface area is 117 Å². The minimum absolute atomic E-state index is 0.276. The molecule has 2 rings (SSSR count). The number of nitriles is 1. The van der Waals surface area contributed by atoms with E-state index in [0.29, 0.717) is 12.0 Å². The van der Waals surface area contributed by atoms with Crippen LogP contribution < -0.4 is 5.32 Å². The van der Waals surface area contributed by atoms with Crippen LogP contribution in [-0.4, -0.2) is 48.8 Å². The zero-order valence-electron chi connectivity index (χ0n) is 12.5. The van der Waals surface area contributed by atoms with Gasteiger partial charge in [-0.15, -0.1) is 0 Å². The third-order valence-corrected chi connectivity index (χ3v) is 4.35. The van der Waals surface area contributed by atoms with Crippen molar-refractivity contribution in [3.05, 3.63) is 0 Å².